The Hall–Kier alpha value is -2.36. The zero-order chi connectivity index (χ0) is 14.8. The fourth-order valence-electron chi connectivity index (χ4n) is 2.88. The number of nitro benzene ring substituents is 1. The highest BCUT2D eigenvalue weighted by Gasteiger charge is 2.31. The minimum absolute atomic E-state index is 0.156. The first-order valence-corrected chi connectivity index (χ1v) is 7.20. The monoisotopic (exact) mass is 282 g/mol. The minimum atomic E-state index is -0.324. The van der Waals surface area contributed by atoms with Crippen molar-refractivity contribution in [3.8, 4) is 0 Å². The van der Waals surface area contributed by atoms with Gasteiger partial charge in [-0.15, -0.1) is 0 Å². The van der Waals surface area contributed by atoms with Crippen molar-refractivity contribution in [1.29, 1.82) is 0 Å². The highest BCUT2D eigenvalue weighted by Crippen LogP contribution is 2.39. The Morgan fingerprint density at radius 1 is 1.14 bits per heavy atom. The second kappa shape index (κ2) is 5.56. The average Bonchev–Trinajstić information content (AvgIpc) is 2.43. The van der Waals surface area contributed by atoms with Gasteiger partial charge in [0.2, 0.25) is 0 Å². The Kier molecular flexibility index (Phi) is 3.60. The summed E-state index contributed by atoms with van der Waals surface area (Å²) in [6.45, 7) is 1.95. The SMILES string of the molecule is Cc1ccc([N+](=O)[O-])c(NC2CC(c3ccccc3)C2)c1. The molecule has 21 heavy (non-hydrogen) atoms. The van der Waals surface area contributed by atoms with Gasteiger partial charge in [-0.1, -0.05) is 36.4 Å². The normalized spacial score (nSPS) is 20.6. The van der Waals surface area contributed by atoms with E-state index in [1.165, 1.54) is 5.56 Å². The summed E-state index contributed by atoms with van der Waals surface area (Å²) in [7, 11) is 0. The number of nitrogens with zero attached hydrogens (tertiary/aromatic N) is 1. The van der Waals surface area contributed by atoms with Crippen molar-refractivity contribution in [2.24, 2.45) is 0 Å². The van der Waals surface area contributed by atoms with Crippen molar-refractivity contribution in [1.82, 2.24) is 0 Å². The van der Waals surface area contributed by atoms with Gasteiger partial charge in [0, 0.05) is 12.1 Å². The number of anilines is 1. The lowest BCUT2D eigenvalue weighted by atomic mass is 9.76. The second-order valence-electron chi connectivity index (χ2n) is 5.70. The number of hydrogen-bond acceptors (Lipinski definition) is 3. The van der Waals surface area contributed by atoms with Crippen LogP contribution in [0.2, 0.25) is 0 Å². The molecule has 1 saturated carbocycles. The molecule has 3 rings (SSSR count). The third-order valence-corrected chi connectivity index (χ3v) is 4.12. The van der Waals surface area contributed by atoms with Crippen molar-refractivity contribution < 1.29 is 4.92 Å². The summed E-state index contributed by atoms with van der Waals surface area (Å²) in [6.07, 6.45) is 2.05. The lowest BCUT2D eigenvalue weighted by Gasteiger charge is -2.36. The second-order valence-corrected chi connectivity index (χ2v) is 5.70. The van der Waals surface area contributed by atoms with Gasteiger partial charge in [-0.3, -0.25) is 10.1 Å². The van der Waals surface area contributed by atoms with Crippen LogP contribution in [0.15, 0.2) is 48.5 Å². The fraction of sp³-hybridized carbons (Fsp3) is 0.294. The molecule has 4 nitrogen and oxygen atoms in total. The molecule has 0 radical (unpaired) electrons. The van der Waals surface area contributed by atoms with E-state index in [2.05, 4.69) is 29.6 Å². The Morgan fingerprint density at radius 3 is 2.52 bits per heavy atom. The van der Waals surface area contributed by atoms with E-state index in [0.29, 0.717) is 17.6 Å². The van der Waals surface area contributed by atoms with Gasteiger partial charge in [-0.05, 0) is 42.9 Å². The van der Waals surface area contributed by atoms with Crippen LogP contribution < -0.4 is 5.32 Å². The largest absolute Gasteiger partial charge is 0.377 e. The van der Waals surface area contributed by atoms with E-state index in [4.69, 9.17) is 0 Å². The maximum atomic E-state index is 11.1. The Bertz CT molecular complexity index is 649. The quantitative estimate of drug-likeness (QED) is 0.673. The van der Waals surface area contributed by atoms with E-state index >= 15 is 0 Å². The first-order valence-electron chi connectivity index (χ1n) is 7.20. The Balaban J connectivity index is 1.67. The Morgan fingerprint density at radius 2 is 1.86 bits per heavy atom. The summed E-state index contributed by atoms with van der Waals surface area (Å²) in [5.74, 6) is 0.563. The number of hydrogen-bond donors (Lipinski definition) is 1. The topological polar surface area (TPSA) is 55.2 Å². The molecule has 0 aromatic heterocycles. The molecule has 108 valence electrons. The van der Waals surface area contributed by atoms with Gasteiger partial charge in [0.1, 0.15) is 5.69 Å². The lowest BCUT2D eigenvalue weighted by Crippen LogP contribution is -2.34. The van der Waals surface area contributed by atoms with Crippen molar-refractivity contribution in [2.45, 2.75) is 31.7 Å². The molecular formula is C17H18N2O2. The molecule has 1 N–H and O–H groups in total. The molecule has 2 aromatic rings. The molecule has 1 aliphatic rings. The summed E-state index contributed by atoms with van der Waals surface area (Å²) >= 11 is 0. The zero-order valence-corrected chi connectivity index (χ0v) is 12.0. The third kappa shape index (κ3) is 2.89. The summed E-state index contributed by atoms with van der Waals surface area (Å²) < 4.78 is 0. The number of aryl methyl sites for hydroxylation is 1. The van der Waals surface area contributed by atoms with Crippen LogP contribution in [0.3, 0.4) is 0 Å². The van der Waals surface area contributed by atoms with Gasteiger partial charge in [0.05, 0.1) is 4.92 Å². The van der Waals surface area contributed by atoms with Gasteiger partial charge in [0.15, 0.2) is 0 Å². The van der Waals surface area contributed by atoms with Gasteiger partial charge in [-0.2, -0.15) is 0 Å². The van der Waals surface area contributed by atoms with E-state index in [-0.39, 0.29) is 10.6 Å². The van der Waals surface area contributed by atoms with E-state index in [0.717, 1.165) is 18.4 Å². The highest BCUT2D eigenvalue weighted by molar-refractivity contribution is 5.63. The number of nitro groups is 1. The summed E-state index contributed by atoms with van der Waals surface area (Å²) in [5.41, 5.74) is 3.18. The van der Waals surface area contributed by atoms with Crippen molar-refractivity contribution >= 4 is 11.4 Å². The molecule has 0 spiro atoms. The summed E-state index contributed by atoms with van der Waals surface area (Å²) in [6, 6.07) is 16.0. The van der Waals surface area contributed by atoms with Crippen LogP contribution in [0.25, 0.3) is 0 Å². The first-order chi connectivity index (χ1) is 10.1. The van der Waals surface area contributed by atoms with E-state index in [9.17, 15) is 10.1 Å². The smallest absolute Gasteiger partial charge is 0.292 e. The maximum absolute atomic E-state index is 11.1. The molecular weight excluding hydrogens is 264 g/mol. The molecule has 2 aromatic carbocycles. The van der Waals surface area contributed by atoms with Crippen LogP contribution in [0.1, 0.15) is 29.9 Å². The zero-order valence-electron chi connectivity index (χ0n) is 12.0. The van der Waals surface area contributed by atoms with Crippen LogP contribution in [0, 0.1) is 17.0 Å². The molecule has 0 aliphatic heterocycles. The number of rotatable bonds is 4. The molecule has 1 aliphatic carbocycles. The molecule has 1 fully saturated rings. The van der Waals surface area contributed by atoms with E-state index in [1.807, 2.05) is 19.1 Å². The van der Waals surface area contributed by atoms with Crippen LogP contribution >= 0.6 is 0 Å². The van der Waals surface area contributed by atoms with Gasteiger partial charge < -0.3 is 5.32 Å². The van der Waals surface area contributed by atoms with Crippen LogP contribution in [-0.2, 0) is 0 Å². The minimum Gasteiger partial charge on any atom is -0.377 e. The first kappa shape index (κ1) is 13.6. The van der Waals surface area contributed by atoms with Gasteiger partial charge in [0.25, 0.3) is 5.69 Å². The van der Waals surface area contributed by atoms with Gasteiger partial charge >= 0.3 is 0 Å². The fourth-order valence-corrected chi connectivity index (χ4v) is 2.88. The highest BCUT2D eigenvalue weighted by atomic mass is 16.6. The average molecular weight is 282 g/mol. The number of benzene rings is 2. The number of nitrogens with one attached hydrogen (secondary N) is 1. The molecule has 0 saturated heterocycles. The third-order valence-electron chi connectivity index (χ3n) is 4.12. The van der Waals surface area contributed by atoms with Crippen LogP contribution in [0.4, 0.5) is 11.4 Å². The molecule has 0 atom stereocenters. The maximum Gasteiger partial charge on any atom is 0.292 e. The van der Waals surface area contributed by atoms with Gasteiger partial charge in [-0.25, -0.2) is 0 Å². The molecule has 4 heteroatoms. The van der Waals surface area contributed by atoms with Crippen LogP contribution in [-0.4, -0.2) is 11.0 Å². The molecule has 0 unspecified atom stereocenters. The van der Waals surface area contributed by atoms with Crippen molar-refractivity contribution in [2.75, 3.05) is 5.32 Å². The van der Waals surface area contributed by atoms with E-state index in [1.54, 1.807) is 12.1 Å². The standard InChI is InChI=1S/C17H18N2O2/c1-12-7-8-17(19(20)21)16(9-12)18-15-10-14(11-15)13-5-3-2-4-6-13/h2-9,14-15,18H,10-11H2,1H3. The Labute approximate surface area is 124 Å². The van der Waals surface area contributed by atoms with Crippen molar-refractivity contribution in [3.63, 3.8) is 0 Å². The predicted octanol–water partition coefficient (Wildman–Crippen LogP) is 4.26. The van der Waals surface area contributed by atoms with E-state index < -0.39 is 0 Å². The summed E-state index contributed by atoms with van der Waals surface area (Å²) in [4.78, 5) is 10.7. The van der Waals surface area contributed by atoms with Crippen molar-refractivity contribution in [3.05, 3.63) is 69.8 Å². The molecule has 0 heterocycles. The molecule has 0 bridgehead atoms. The predicted molar refractivity (Wildman–Crippen MR) is 83.7 cm³/mol. The molecule has 0 amide bonds. The van der Waals surface area contributed by atoms with Crippen LogP contribution in [0.5, 0.6) is 0 Å². The lowest BCUT2D eigenvalue weighted by molar-refractivity contribution is -0.384. The summed E-state index contributed by atoms with van der Waals surface area (Å²) in [5, 5.41) is 14.4.